The highest BCUT2D eigenvalue weighted by Crippen LogP contribution is 2.26. The molecule has 0 aliphatic carbocycles. The summed E-state index contributed by atoms with van der Waals surface area (Å²) in [7, 11) is 0. The van der Waals surface area contributed by atoms with Gasteiger partial charge in [-0.25, -0.2) is 4.98 Å². The summed E-state index contributed by atoms with van der Waals surface area (Å²) >= 11 is 1.58. The number of benzene rings is 1. The first-order valence-electron chi connectivity index (χ1n) is 7.03. The van der Waals surface area contributed by atoms with E-state index in [1.54, 1.807) is 11.3 Å². The van der Waals surface area contributed by atoms with Crippen LogP contribution in [0.15, 0.2) is 41.8 Å². The SMILES string of the molecule is CC(CCc1ccccc1)Nc1nc(N)nc2sccc12. The van der Waals surface area contributed by atoms with Gasteiger partial charge >= 0.3 is 0 Å². The predicted molar refractivity (Wildman–Crippen MR) is 89.7 cm³/mol. The highest BCUT2D eigenvalue weighted by Gasteiger charge is 2.10. The summed E-state index contributed by atoms with van der Waals surface area (Å²) in [5.74, 6) is 1.15. The van der Waals surface area contributed by atoms with Gasteiger partial charge in [0, 0.05) is 6.04 Å². The number of fused-ring (bicyclic) bond motifs is 1. The summed E-state index contributed by atoms with van der Waals surface area (Å²) in [5.41, 5.74) is 7.12. The van der Waals surface area contributed by atoms with E-state index in [-0.39, 0.29) is 0 Å². The van der Waals surface area contributed by atoms with E-state index in [1.807, 2.05) is 17.5 Å². The van der Waals surface area contributed by atoms with E-state index in [0.29, 0.717) is 12.0 Å². The molecular formula is C16H18N4S. The predicted octanol–water partition coefficient (Wildman–Crippen LogP) is 3.71. The van der Waals surface area contributed by atoms with Crippen LogP contribution in [-0.4, -0.2) is 16.0 Å². The van der Waals surface area contributed by atoms with Crippen LogP contribution in [0.1, 0.15) is 18.9 Å². The minimum absolute atomic E-state index is 0.322. The van der Waals surface area contributed by atoms with Gasteiger partial charge in [0.1, 0.15) is 10.6 Å². The number of rotatable bonds is 5. The van der Waals surface area contributed by atoms with Gasteiger partial charge < -0.3 is 11.1 Å². The molecule has 0 bridgehead atoms. The smallest absolute Gasteiger partial charge is 0.223 e. The van der Waals surface area contributed by atoms with Gasteiger partial charge in [-0.05, 0) is 36.8 Å². The van der Waals surface area contributed by atoms with E-state index in [2.05, 4.69) is 46.5 Å². The number of nitrogen functional groups attached to an aromatic ring is 1. The van der Waals surface area contributed by atoms with E-state index >= 15 is 0 Å². The largest absolute Gasteiger partial charge is 0.368 e. The zero-order valence-electron chi connectivity index (χ0n) is 11.9. The van der Waals surface area contributed by atoms with Crippen LogP contribution in [-0.2, 0) is 6.42 Å². The van der Waals surface area contributed by atoms with Crippen LogP contribution in [0.2, 0.25) is 0 Å². The van der Waals surface area contributed by atoms with Crippen molar-refractivity contribution in [3.05, 3.63) is 47.3 Å². The van der Waals surface area contributed by atoms with Gasteiger partial charge in [-0.15, -0.1) is 11.3 Å². The van der Waals surface area contributed by atoms with Crippen molar-refractivity contribution < 1.29 is 0 Å². The van der Waals surface area contributed by atoms with Crippen molar-refractivity contribution in [2.45, 2.75) is 25.8 Å². The van der Waals surface area contributed by atoms with Gasteiger partial charge in [0.05, 0.1) is 5.39 Å². The van der Waals surface area contributed by atoms with Crippen molar-refractivity contribution in [2.24, 2.45) is 0 Å². The molecule has 0 amide bonds. The Morgan fingerprint density at radius 1 is 1.19 bits per heavy atom. The van der Waals surface area contributed by atoms with Crippen LogP contribution in [0.5, 0.6) is 0 Å². The number of nitrogens with one attached hydrogen (secondary N) is 1. The molecule has 4 nitrogen and oxygen atoms in total. The monoisotopic (exact) mass is 298 g/mol. The molecule has 3 aromatic rings. The second-order valence-electron chi connectivity index (χ2n) is 5.14. The summed E-state index contributed by atoms with van der Waals surface area (Å²) < 4.78 is 0. The Balaban J connectivity index is 1.68. The first-order chi connectivity index (χ1) is 10.2. The van der Waals surface area contributed by atoms with Crippen LogP contribution >= 0.6 is 11.3 Å². The number of aryl methyl sites for hydroxylation is 1. The molecule has 1 aromatic carbocycles. The Morgan fingerprint density at radius 3 is 2.81 bits per heavy atom. The maximum absolute atomic E-state index is 5.77. The highest BCUT2D eigenvalue weighted by molar-refractivity contribution is 7.16. The van der Waals surface area contributed by atoms with Gasteiger partial charge in [0.2, 0.25) is 5.95 Å². The zero-order chi connectivity index (χ0) is 14.7. The minimum atomic E-state index is 0.322. The summed E-state index contributed by atoms with van der Waals surface area (Å²) in [5, 5.41) is 6.51. The molecule has 0 aliphatic rings. The molecule has 0 aliphatic heterocycles. The lowest BCUT2D eigenvalue weighted by Gasteiger charge is -2.15. The molecule has 0 saturated carbocycles. The number of nitrogens with zero attached hydrogens (tertiary/aromatic N) is 2. The second-order valence-corrected chi connectivity index (χ2v) is 6.03. The van der Waals surface area contributed by atoms with Crippen molar-refractivity contribution in [2.75, 3.05) is 11.1 Å². The summed E-state index contributed by atoms with van der Waals surface area (Å²) in [6, 6.07) is 12.9. The van der Waals surface area contributed by atoms with Gasteiger partial charge in [-0.1, -0.05) is 30.3 Å². The lowest BCUT2D eigenvalue weighted by Crippen LogP contribution is -2.17. The lowest BCUT2D eigenvalue weighted by atomic mass is 10.1. The fraction of sp³-hybridized carbons (Fsp3) is 0.250. The number of hydrogen-bond donors (Lipinski definition) is 2. The highest BCUT2D eigenvalue weighted by atomic mass is 32.1. The average molecular weight is 298 g/mol. The van der Waals surface area contributed by atoms with E-state index in [1.165, 1.54) is 5.56 Å². The second kappa shape index (κ2) is 6.10. The molecule has 5 heteroatoms. The molecule has 2 heterocycles. The zero-order valence-corrected chi connectivity index (χ0v) is 12.7. The van der Waals surface area contributed by atoms with E-state index < -0.39 is 0 Å². The summed E-state index contributed by atoms with van der Waals surface area (Å²) in [6.07, 6.45) is 2.09. The summed E-state index contributed by atoms with van der Waals surface area (Å²) in [4.78, 5) is 9.50. The number of hydrogen-bond acceptors (Lipinski definition) is 5. The number of thiophene rings is 1. The molecule has 2 aromatic heterocycles. The van der Waals surface area contributed by atoms with Crippen molar-refractivity contribution >= 4 is 33.3 Å². The standard InChI is InChI=1S/C16H18N4S/c1-11(7-8-12-5-3-2-4-6-12)18-14-13-9-10-21-15(13)20-16(17)19-14/h2-6,9-11H,7-8H2,1H3,(H3,17,18,19,20). The fourth-order valence-corrected chi connectivity index (χ4v) is 3.09. The third-order valence-corrected chi connectivity index (χ3v) is 4.24. The number of nitrogens with two attached hydrogens (primary N) is 1. The Bertz CT molecular complexity index is 723. The Hall–Kier alpha value is -2.14. The lowest BCUT2D eigenvalue weighted by molar-refractivity contribution is 0.704. The normalized spacial score (nSPS) is 12.4. The molecule has 1 atom stereocenters. The maximum Gasteiger partial charge on any atom is 0.223 e. The van der Waals surface area contributed by atoms with Gasteiger partial charge in [0.15, 0.2) is 0 Å². The van der Waals surface area contributed by atoms with E-state index in [0.717, 1.165) is 28.9 Å². The van der Waals surface area contributed by atoms with Crippen LogP contribution < -0.4 is 11.1 Å². The number of aromatic nitrogens is 2. The third kappa shape index (κ3) is 3.31. The molecule has 3 rings (SSSR count). The number of anilines is 2. The van der Waals surface area contributed by atoms with Crippen LogP contribution in [0.25, 0.3) is 10.2 Å². The van der Waals surface area contributed by atoms with Crippen molar-refractivity contribution in [3.8, 4) is 0 Å². The molecule has 0 spiro atoms. The Labute approximate surface area is 128 Å². The van der Waals surface area contributed by atoms with Crippen molar-refractivity contribution in [3.63, 3.8) is 0 Å². The third-order valence-electron chi connectivity index (χ3n) is 3.43. The molecule has 108 valence electrons. The topological polar surface area (TPSA) is 63.8 Å². The van der Waals surface area contributed by atoms with E-state index in [9.17, 15) is 0 Å². The average Bonchev–Trinajstić information content (AvgIpc) is 2.94. The first-order valence-corrected chi connectivity index (χ1v) is 7.91. The molecule has 21 heavy (non-hydrogen) atoms. The minimum Gasteiger partial charge on any atom is -0.368 e. The van der Waals surface area contributed by atoms with Crippen LogP contribution in [0, 0.1) is 0 Å². The molecule has 0 radical (unpaired) electrons. The van der Waals surface area contributed by atoms with E-state index in [4.69, 9.17) is 5.73 Å². The maximum atomic E-state index is 5.77. The van der Waals surface area contributed by atoms with Gasteiger partial charge in [-0.2, -0.15) is 4.98 Å². The van der Waals surface area contributed by atoms with Crippen molar-refractivity contribution in [1.82, 2.24) is 9.97 Å². The van der Waals surface area contributed by atoms with Crippen LogP contribution in [0.4, 0.5) is 11.8 Å². The fourth-order valence-electron chi connectivity index (χ4n) is 2.32. The quantitative estimate of drug-likeness (QED) is 0.753. The Morgan fingerprint density at radius 2 is 2.00 bits per heavy atom. The molecule has 0 fully saturated rings. The molecule has 3 N–H and O–H groups in total. The van der Waals surface area contributed by atoms with Crippen LogP contribution in [0.3, 0.4) is 0 Å². The molecule has 0 saturated heterocycles. The first kappa shape index (κ1) is 13.8. The molecule has 1 unspecified atom stereocenters. The van der Waals surface area contributed by atoms with Crippen molar-refractivity contribution in [1.29, 1.82) is 0 Å². The van der Waals surface area contributed by atoms with Gasteiger partial charge in [0.25, 0.3) is 0 Å². The summed E-state index contributed by atoms with van der Waals surface area (Å²) in [6.45, 7) is 2.17. The Kier molecular flexibility index (Phi) is 4.01. The molecular weight excluding hydrogens is 280 g/mol. The van der Waals surface area contributed by atoms with Gasteiger partial charge in [-0.3, -0.25) is 0 Å².